The monoisotopic (exact) mass is 238 g/mol. The van der Waals surface area contributed by atoms with E-state index in [-0.39, 0.29) is 11.9 Å². The molecular formula is C12H14O5. The van der Waals surface area contributed by atoms with Gasteiger partial charge in [0.2, 0.25) is 5.79 Å². The van der Waals surface area contributed by atoms with E-state index in [1.165, 1.54) is 18.2 Å². The number of phenolic OH excluding ortho intramolecular Hbond substituents is 1. The van der Waals surface area contributed by atoms with E-state index >= 15 is 0 Å². The van der Waals surface area contributed by atoms with Gasteiger partial charge in [0.15, 0.2) is 0 Å². The van der Waals surface area contributed by atoms with Crippen molar-refractivity contribution in [2.24, 2.45) is 0 Å². The normalized spacial score (nSPS) is 27.5. The molecule has 0 saturated heterocycles. The molecule has 1 aliphatic heterocycles. The van der Waals surface area contributed by atoms with E-state index in [9.17, 15) is 15.0 Å². The lowest BCUT2D eigenvalue weighted by Crippen LogP contribution is -2.40. The summed E-state index contributed by atoms with van der Waals surface area (Å²) >= 11 is 0. The van der Waals surface area contributed by atoms with E-state index in [1.807, 2.05) is 0 Å². The fourth-order valence-electron chi connectivity index (χ4n) is 2.22. The second kappa shape index (κ2) is 4.01. The topological polar surface area (TPSA) is 87.0 Å². The molecule has 5 heteroatoms. The zero-order chi connectivity index (χ0) is 12.6. The molecule has 0 amide bonds. The average Bonchev–Trinajstić information content (AvgIpc) is 2.13. The van der Waals surface area contributed by atoms with Crippen LogP contribution in [0, 0.1) is 0 Å². The molecule has 1 aliphatic rings. The Bertz CT molecular complexity index is 456. The van der Waals surface area contributed by atoms with Crippen molar-refractivity contribution in [3.63, 3.8) is 0 Å². The van der Waals surface area contributed by atoms with E-state index in [2.05, 4.69) is 0 Å². The van der Waals surface area contributed by atoms with Crippen molar-refractivity contribution in [3.8, 4) is 5.75 Å². The lowest BCUT2D eigenvalue weighted by molar-refractivity contribution is -0.247. The van der Waals surface area contributed by atoms with Crippen LogP contribution in [0.25, 0.3) is 0 Å². The Balaban J connectivity index is 2.47. The van der Waals surface area contributed by atoms with Gasteiger partial charge in [-0.3, -0.25) is 4.79 Å². The van der Waals surface area contributed by atoms with Crippen molar-refractivity contribution in [2.45, 2.75) is 31.7 Å². The summed E-state index contributed by atoms with van der Waals surface area (Å²) < 4.78 is 5.34. The lowest BCUT2D eigenvalue weighted by atomic mass is 9.90. The molecule has 1 heterocycles. The first-order valence-corrected chi connectivity index (χ1v) is 5.35. The van der Waals surface area contributed by atoms with Crippen molar-refractivity contribution >= 4 is 5.97 Å². The predicted molar refractivity (Wildman–Crippen MR) is 58.5 cm³/mol. The summed E-state index contributed by atoms with van der Waals surface area (Å²) in [5, 5.41) is 28.5. The minimum absolute atomic E-state index is 0.0931. The van der Waals surface area contributed by atoms with Crippen LogP contribution in [0.5, 0.6) is 5.75 Å². The van der Waals surface area contributed by atoms with Crippen LogP contribution >= 0.6 is 0 Å². The number of benzene rings is 1. The number of carboxylic acids is 1. The summed E-state index contributed by atoms with van der Waals surface area (Å²) in [4.78, 5) is 10.8. The SMILES string of the molecule is C[C@@H]1Cc2cc(O)ccc2C(O)(CC(=O)O)O1. The fraction of sp³-hybridized carbons (Fsp3) is 0.417. The van der Waals surface area contributed by atoms with Gasteiger partial charge in [-0.1, -0.05) is 0 Å². The number of ether oxygens (including phenoxy) is 1. The van der Waals surface area contributed by atoms with Crippen LogP contribution in [-0.2, 0) is 21.7 Å². The number of aliphatic carboxylic acids is 1. The summed E-state index contributed by atoms with van der Waals surface area (Å²) in [6.45, 7) is 1.75. The Morgan fingerprint density at radius 2 is 2.29 bits per heavy atom. The number of aromatic hydroxyl groups is 1. The maximum Gasteiger partial charge on any atom is 0.309 e. The first-order chi connectivity index (χ1) is 7.90. The zero-order valence-electron chi connectivity index (χ0n) is 9.38. The highest BCUT2D eigenvalue weighted by Crippen LogP contribution is 2.37. The molecule has 0 saturated carbocycles. The summed E-state index contributed by atoms with van der Waals surface area (Å²) in [5.74, 6) is -2.86. The molecule has 0 spiro atoms. The second-order valence-corrected chi connectivity index (χ2v) is 4.33. The number of hydrogen-bond acceptors (Lipinski definition) is 4. The molecule has 0 radical (unpaired) electrons. The van der Waals surface area contributed by atoms with Crippen molar-refractivity contribution in [2.75, 3.05) is 0 Å². The molecule has 0 aliphatic carbocycles. The second-order valence-electron chi connectivity index (χ2n) is 4.33. The van der Waals surface area contributed by atoms with Gasteiger partial charge >= 0.3 is 5.97 Å². The molecule has 5 nitrogen and oxygen atoms in total. The number of carbonyl (C=O) groups is 1. The van der Waals surface area contributed by atoms with Gasteiger partial charge in [0.05, 0.1) is 6.10 Å². The van der Waals surface area contributed by atoms with Gasteiger partial charge in [-0.15, -0.1) is 0 Å². The number of phenols is 1. The van der Waals surface area contributed by atoms with Crippen molar-refractivity contribution < 1.29 is 24.9 Å². The van der Waals surface area contributed by atoms with Gasteiger partial charge in [0.25, 0.3) is 0 Å². The Hall–Kier alpha value is -1.59. The predicted octanol–water partition coefficient (Wildman–Crippen LogP) is 0.973. The third-order valence-corrected chi connectivity index (χ3v) is 2.80. The molecule has 17 heavy (non-hydrogen) atoms. The first kappa shape index (κ1) is 11.9. The summed E-state index contributed by atoms with van der Waals surface area (Å²) in [6.07, 6.45) is -0.283. The van der Waals surface area contributed by atoms with Gasteiger partial charge < -0.3 is 20.1 Å². The van der Waals surface area contributed by atoms with Crippen molar-refractivity contribution in [1.82, 2.24) is 0 Å². The van der Waals surface area contributed by atoms with Crippen LogP contribution in [0.4, 0.5) is 0 Å². The number of carboxylic acid groups (broad SMARTS) is 1. The smallest absolute Gasteiger partial charge is 0.309 e. The highest BCUT2D eigenvalue weighted by atomic mass is 16.6. The molecular weight excluding hydrogens is 224 g/mol. The van der Waals surface area contributed by atoms with Crippen LogP contribution in [0.3, 0.4) is 0 Å². The minimum Gasteiger partial charge on any atom is -0.508 e. The maximum atomic E-state index is 10.8. The van der Waals surface area contributed by atoms with Gasteiger partial charge in [0, 0.05) is 5.56 Å². The number of aliphatic hydroxyl groups is 1. The third-order valence-electron chi connectivity index (χ3n) is 2.80. The molecule has 0 aromatic heterocycles. The Morgan fingerprint density at radius 3 is 2.94 bits per heavy atom. The highest BCUT2D eigenvalue weighted by Gasteiger charge is 2.40. The zero-order valence-corrected chi connectivity index (χ0v) is 9.38. The van der Waals surface area contributed by atoms with Crippen LogP contribution in [0.2, 0.25) is 0 Å². The van der Waals surface area contributed by atoms with Crippen LogP contribution in [0.15, 0.2) is 18.2 Å². The maximum absolute atomic E-state index is 10.8. The first-order valence-electron chi connectivity index (χ1n) is 5.35. The molecule has 92 valence electrons. The third kappa shape index (κ3) is 2.25. The average molecular weight is 238 g/mol. The molecule has 2 rings (SSSR count). The quantitative estimate of drug-likeness (QED) is 0.714. The molecule has 3 N–H and O–H groups in total. The van der Waals surface area contributed by atoms with Crippen LogP contribution < -0.4 is 0 Å². The largest absolute Gasteiger partial charge is 0.508 e. The van der Waals surface area contributed by atoms with E-state index in [0.717, 1.165) is 0 Å². The van der Waals surface area contributed by atoms with Gasteiger partial charge in [-0.25, -0.2) is 0 Å². The fourth-order valence-corrected chi connectivity index (χ4v) is 2.22. The molecule has 2 atom stereocenters. The van der Waals surface area contributed by atoms with Crippen molar-refractivity contribution in [1.29, 1.82) is 0 Å². The van der Waals surface area contributed by atoms with Crippen molar-refractivity contribution in [3.05, 3.63) is 29.3 Å². The lowest BCUT2D eigenvalue weighted by Gasteiger charge is -2.36. The van der Waals surface area contributed by atoms with Gasteiger partial charge in [0.1, 0.15) is 12.2 Å². The van der Waals surface area contributed by atoms with Gasteiger partial charge in [-0.2, -0.15) is 0 Å². The molecule has 1 unspecified atom stereocenters. The van der Waals surface area contributed by atoms with E-state index in [0.29, 0.717) is 17.5 Å². The van der Waals surface area contributed by atoms with Crippen LogP contribution in [0.1, 0.15) is 24.5 Å². The Kier molecular flexibility index (Phi) is 2.81. The molecule has 1 aromatic carbocycles. The van der Waals surface area contributed by atoms with E-state index in [1.54, 1.807) is 6.92 Å². The summed E-state index contributed by atoms with van der Waals surface area (Å²) in [5.41, 5.74) is 1.13. The summed E-state index contributed by atoms with van der Waals surface area (Å²) in [7, 11) is 0. The standard InChI is InChI=1S/C12H14O5/c1-7-4-8-5-9(13)2-3-10(8)12(16,17-7)6-11(14)15/h2-3,5,7,13,16H,4,6H2,1H3,(H,14,15)/t7-,12?/m1/s1. The molecule has 0 fully saturated rings. The number of fused-ring (bicyclic) bond motifs is 1. The minimum atomic E-state index is -1.81. The van der Waals surface area contributed by atoms with Gasteiger partial charge in [-0.05, 0) is 37.1 Å². The number of rotatable bonds is 2. The van der Waals surface area contributed by atoms with E-state index < -0.39 is 18.2 Å². The van der Waals surface area contributed by atoms with E-state index in [4.69, 9.17) is 9.84 Å². The molecule has 1 aromatic rings. The highest BCUT2D eigenvalue weighted by molar-refractivity contribution is 5.68. The number of hydrogen-bond donors (Lipinski definition) is 3. The Labute approximate surface area is 98.3 Å². The van der Waals surface area contributed by atoms with Crippen LogP contribution in [-0.4, -0.2) is 27.4 Å². The Morgan fingerprint density at radius 1 is 1.59 bits per heavy atom. The molecule has 0 bridgehead atoms. The summed E-state index contributed by atoms with van der Waals surface area (Å²) in [6, 6.07) is 4.44.